The molecule has 1 aromatic carbocycles. The Morgan fingerprint density at radius 3 is 2.69 bits per heavy atom. The molecule has 13 heavy (non-hydrogen) atoms. The molecular formula is C8H10BBrO3. The second-order valence-corrected chi connectivity index (χ2v) is 3.56. The van der Waals surface area contributed by atoms with Gasteiger partial charge in [0.2, 0.25) is 0 Å². The summed E-state index contributed by atoms with van der Waals surface area (Å²) in [6, 6.07) is 5.42. The van der Waals surface area contributed by atoms with Crippen molar-refractivity contribution in [1.82, 2.24) is 0 Å². The minimum atomic E-state index is -1.34. The Bertz CT molecular complexity index is 291. The molecule has 0 radical (unpaired) electrons. The summed E-state index contributed by atoms with van der Waals surface area (Å²) in [5, 5.41) is 17.6. The van der Waals surface area contributed by atoms with Crippen LogP contribution in [0.3, 0.4) is 0 Å². The van der Waals surface area contributed by atoms with Crippen LogP contribution in [0.1, 0.15) is 5.56 Å². The van der Waals surface area contributed by atoms with Crippen molar-refractivity contribution in [2.45, 2.75) is 6.32 Å². The van der Waals surface area contributed by atoms with Crippen molar-refractivity contribution in [2.24, 2.45) is 0 Å². The molecule has 0 aromatic heterocycles. The Labute approximate surface area is 85.6 Å². The zero-order chi connectivity index (χ0) is 9.84. The molecule has 5 heteroatoms. The van der Waals surface area contributed by atoms with E-state index >= 15 is 0 Å². The Hall–Kier alpha value is -0.515. The molecular weight excluding hydrogens is 235 g/mol. The molecule has 0 spiro atoms. The molecule has 2 N–H and O–H groups in total. The quantitative estimate of drug-likeness (QED) is 0.781. The molecule has 0 unspecified atom stereocenters. The van der Waals surface area contributed by atoms with Crippen LogP contribution in [0.4, 0.5) is 0 Å². The van der Waals surface area contributed by atoms with E-state index in [0.29, 0.717) is 5.75 Å². The summed E-state index contributed by atoms with van der Waals surface area (Å²) in [6.07, 6.45) is 0.169. The molecule has 0 amide bonds. The molecule has 1 rings (SSSR count). The topological polar surface area (TPSA) is 49.7 Å². The van der Waals surface area contributed by atoms with Crippen LogP contribution in [0.25, 0.3) is 0 Å². The summed E-state index contributed by atoms with van der Waals surface area (Å²) < 4.78 is 5.95. The van der Waals surface area contributed by atoms with Gasteiger partial charge in [-0.3, -0.25) is 0 Å². The van der Waals surface area contributed by atoms with E-state index in [9.17, 15) is 0 Å². The number of ether oxygens (including phenoxy) is 1. The third-order valence-electron chi connectivity index (χ3n) is 1.64. The summed E-state index contributed by atoms with van der Waals surface area (Å²) in [4.78, 5) is 0. The van der Waals surface area contributed by atoms with Crippen LogP contribution in [-0.4, -0.2) is 24.3 Å². The number of benzene rings is 1. The van der Waals surface area contributed by atoms with Gasteiger partial charge in [-0.05, 0) is 23.8 Å². The van der Waals surface area contributed by atoms with E-state index in [2.05, 4.69) is 15.9 Å². The monoisotopic (exact) mass is 244 g/mol. The van der Waals surface area contributed by atoms with Crippen LogP contribution in [0.2, 0.25) is 0 Å². The van der Waals surface area contributed by atoms with Gasteiger partial charge < -0.3 is 14.8 Å². The van der Waals surface area contributed by atoms with Crippen molar-refractivity contribution < 1.29 is 14.8 Å². The standard InChI is InChI=1S/C8H10BBrO3/c1-13-8-3-2-7(10)4-6(8)5-9(11)12/h2-4,11-12H,5H2,1H3. The highest BCUT2D eigenvalue weighted by atomic mass is 79.9. The zero-order valence-electron chi connectivity index (χ0n) is 7.20. The van der Waals surface area contributed by atoms with Crippen LogP contribution in [0.15, 0.2) is 22.7 Å². The van der Waals surface area contributed by atoms with Gasteiger partial charge in [0.15, 0.2) is 0 Å². The van der Waals surface area contributed by atoms with E-state index < -0.39 is 7.12 Å². The molecule has 0 fully saturated rings. The van der Waals surface area contributed by atoms with Gasteiger partial charge in [-0.1, -0.05) is 15.9 Å². The molecule has 0 aliphatic heterocycles. The lowest BCUT2D eigenvalue weighted by Gasteiger charge is -2.07. The fourth-order valence-electron chi connectivity index (χ4n) is 1.10. The molecule has 0 saturated carbocycles. The SMILES string of the molecule is COc1ccc(Br)cc1CB(O)O. The van der Waals surface area contributed by atoms with E-state index in [1.54, 1.807) is 19.2 Å². The summed E-state index contributed by atoms with van der Waals surface area (Å²) in [5.74, 6) is 0.663. The Morgan fingerprint density at radius 1 is 1.46 bits per heavy atom. The largest absolute Gasteiger partial charge is 0.497 e. The van der Waals surface area contributed by atoms with Gasteiger partial charge in [-0.15, -0.1) is 0 Å². The van der Waals surface area contributed by atoms with E-state index in [1.165, 1.54) is 0 Å². The second kappa shape index (κ2) is 4.65. The third kappa shape index (κ3) is 3.02. The highest BCUT2D eigenvalue weighted by Gasteiger charge is 2.12. The van der Waals surface area contributed by atoms with Crippen LogP contribution >= 0.6 is 15.9 Å². The summed E-state index contributed by atoms with van der Waals surface area (Å²) in [7, 11) is 0.208. The molecule has 1 aromatic rings. The zero-order valence-corrected chi connectivity index (χ0v) is 8.78. The van der Waals surface area contributed by atoms with Gasteiger partial charge in [0.05, 0.1) is 7.11 Å². The minimum absolute atomic E-state index is 0.169. The minimum Gasteiger partial charge on any atom is -0.497 e. The van der Waals surface area contributed by atoms with E-state index in [4.69, 9.17) is 14.8 Å². The highest BCUT2D eigenvalue weighted by Crippen LogP contribution is 2.23. The van der Waals surface area contributed by atoms with Crippen LogP contribution in [0.5, 0.6) is 5.75 Å². The first-order valence-corrected chi connectivity index (χ1v) is 4.61. The molecule has 0 aliphatic rings. The van der Waals surface area contributed by atoms with Gasteiger partial charge in [-0.25, -0.2) is 0 Å². The van der Waals surface area contributed by atoms with E-state index in [-0.39, 0.29) is 6.32 Å². The molecule has 0 saturated heterocycles. The first-order chi connectivity index (χ1) is 6.13. The smallest absolute Gasteiger partial charge is 0.456 e. The van der Waals surface area contributed by atoms with Crippen molar-refractivity contribution in [3.63, 3.8) is 0 Å². The normalized spacial score (nSPS) is 9.85. The molecule has 3 nitrogen and oxygen atoms in total. The molecule has 0 aliphatic carbocycles. The molecule has 70 valence electrons. The average molecular weight is 245 g/mol. The van der Waals surface area contributed by atoms with Crippen molar-refractivity contribution in [3.05, 3.63) is 28.2 Å². The second-order valence-electron chi connectivity index (χ2n) is 2.64. The predicted octanol–water partition coefficient (Wildman–Crippen LogP) is 1.01. The number of hydrogen-bond acceptors (Lipinski definition) is 3. The van der Waals surface area contributed by atoms with Crippen LogP contribution in [0, 0.1) is 0 Å². The third-order valence-corrected chi connectivity index (χ3v) is 2.14. The lowest BCUT2D eigenvalue weighted by molar-refractivity contribution is 0.394. The van der Waals surface area contributed by atoms with E-state index in [1.807, 2.05) is 6.07 Å². The van der Waals surface area contributed by atoms with Gasteiger partial charge >= 0.3 is 7.12 Å². The number of hydrogen-bond donors (Lipinski definition) is 2. The molecule has 0 heterocycles. The van der Waals surface area contributed by atoms with Crippen molar-refractivity contribution in [3.8, 4) is 5.75 Å². The highest BCUT2D eigenvalue weighted by molar-refractivity contribution is 9.10. The first kappa shape index (κ1) is 10.6. The summed E-state index contributed by atoms with van der Waals surface area (Å²) >= 11 is 3.30. The molecule has 0 atom stereocenters. The number of rotatable bonds is 3. The fraction of sp³-hybridized carbons (Fsp3) is 0.250. The van der Waals surface area contributed by atoms with Gasteiger partial charge in [0.25, 0.3) is 0 Å². The Morgan fingerprint density at radius 2 is 2.15 bits per heavy atom. The average Bonchev–Trinajstić information content (AvgIpc) is 2.03. The van der Waals surface area contributed by atoms with Crippen LogP contribution in [-0.2, 0) is 6.32 Å². The lowest BCUT2D eigenvalue weighted by atomic mass is 9.82. The van der Waals surface area contributed by atoms with Gasteiger partial charge in [0.1, 0.15) is 5.75 Å². The van der Waals surface area contributed by atoms with Crippen molar-refractivity contribution in [1.29, 1.82) is 0 Å². The van der Waals surface area contributed by atoms with Gasteiger partial charge in [0, 0.05) is 10.8 Å². The van der Waals surface area contributed by atoms with Crippen LogP contribution < -0.4 is 4.74 Å². The summed E-state index contributed by atoms with van der Waals surface area (Å²) in [5.41, 5.74) is 0.770. The van der Waals surface area contributed by atoms with Crippen molar-refractivity contribution in [2.75, 3.05) is 7.11 Å². The Balaban J connectivity index is 2.94. The van der Waals surface area contributed by atoms with E-state index in [0.717, 1.165) is 10.0 Å². The van der Waals surface area contributed by atoms with Crippen molar-refractivity contribution >= 4 is 23.0 Å². The summed E-state index contributed by atoms with van der Waals surface area (Å²) in [6.45, 7) is 0. The maximum atomic E-state index is 8.80. The maximum Gasteiger partial charge on any atom is 0.456 e. The lowest BCUT2D eigenvalue weighted by Crippen LogP contribution is -2.15. The maximum absolute atomic E-state index is 8.80. The predicted molar refractivity (Wildman–Crippen MR) is 54.6 cm³/mol. The fourth-order valence-corrected chi connectivity index (χ4v) is 1.51. The number of halogens is 1. The Kier molecular flexibility index (Phi) is 3.78. The van der Waals surface area contributed by atoms with Gasteiger partial charge in [-0.2, -0.15) is 0 Å². The number of methoxy groups -OCH3 is 1. The first-order valence-electron chi connectivity index (χ1n) is 3.82. The molecule has 0 bridgehead atoms.